The fraction of sp³-hybridized carbons (Fsp3) is 0.571. The molecule has 1 aromatic carbocycles. The summed E-state index contributed by atoms with van der Waals surface area (Å²) in [5.74, 6) is 0.689. The summed E-state index contributed by atoms with van der Waals surface area (Å²) in [5.41, 5.74) is -0.350. The number of nitrogens with one attached hydrogen (secondary N) is 1. The molecule has 5 nitrogen and oxygen atoms in total. The number of carbonyl (C=O) groups is 1. The first-order chi connectivity index (χ1) is 13.9. The lowest BCUT2D eigenvalue weighted by atomic mass is 9.87. The highest BCUT2D eigenvalue weighted by Gasteiger charge is 2.34. The van der Waals surface area contributed by atoms with Crippen molar-refractivity contribution >= 4 is 22.5 Å². The van der Waals surface area contributed by atoms with Crippen molar-refractivity contribution in [2.75, 3.05) is 25.0 Å². The maximum atomic E-state index is 13.0. The van der Waals surface area contributed by atoms with Gasteiger partial charge < -0.3 is 5.32 Å². The SMILES string of the molecule is O=C(CNc1ncnc2ccc(C(F)(F)F)cc12)CC1CN(C2CCCCC2)C1. The number of aromatic nitrogens is 2. The first-order valence-corrected chi connectivity index (χ1v) is 10.2. The normalized spacial score (nSPS) is 19.3. The Kier molecular flexibility index (Phi) is 5.72. The quantitative estimate of drug-likeness (QED) is 0.776. The predicted octanol–water partition coefficient (Wildman–Crippen LogP) is 4.28. The summed E-state index contributed by atoms with van der Waals surface area (Å²) >= 11 is 0. The molecule has 0 radical (unpaired) electrons. The highest BCUT2D eigenvalue weighted by atomic mass is 19.4. The fourth-order valence-electron chi connectivity index (χ4n) is 4.43. The van der Waals surface area contributed by atoms with E-state index >= 15 is 0 Å². The molecule has 2 aliphatic rings. The third-order valence-corrected chi connectivity index (χ3v) is 6.01. The molecule has 1 N–H and O–H groups in total. The van der Waals surface area contributed by atoms with Crippen molar-refractivity contribution in [3.8, 4) is 0 Å². The largest absolute Gasteiger partial charge is 0.416 e. The molecule has 2 fully saturated rings. The van der Waals surface area contributed by atoms with E-state index in [-0.39, 0.29) is 23.5 Å². The van der Waals surface area contributed by atoms with E-state index in [9.17, 15) is 18.0 Å². The Morgan fingerprint density at radius 1 is 1.14 bits per heavy atom. The van der Waals surface area contributed by atoms with Gasteiger partial charge in [-0.05, 0) is 37.0 Å². The number of carbonyl (C=O) groups excluding carboxylic acids is 1. The van der Waals surface area contributed by atoms with E-state index in [1.165, 1.54) is 44.5 Å². The van der Waals surface area contributed by atoms with E-state index in [0.717, 1.165) is 25.2 Å². The van der Waals surface area contributed by atoms with E-state index in [0.29, 0.717) is 23.9 Å². The number of anilines is 1. The summed E-state index contributed by atoms with van der Waals surface area (Å²) in [6.07, 6.45) is 3.82. The standard InChI is InChI=1S/C21H25F3N4O/c22-21(23,24)15-6-7-19-18(9-15)20(27-13-26-19)25-10-17(29)8-14-11-28(12-14)16-4-2-1-3-5-16/h6-7,9,13-14,16H,1-5,8,10-12H2,(H,25,26,27). The van der Waals surface area contributed by atoms with Crippen LogP contribution in [0.1, 0.15) is 44.1 Å². The average Bonchev–Trinajstić information content (AvgIpc) is 2.68. The third-order valence-electron chi connectivity index (χ3n) is 6.01. The minimum atomic E-state index is -4.44. The number of hydrogen-bond donors (Lipinski definition) is 1. The van der Waals surface area contributed by atoms with Crippen LogP contribution in [-0.2, 0) is 11.0 Å². The van der Waals surface area contributed by atoms with Crippen molar-refractivity contribution in [1.82, 2.24) is 14.9 Å². The lowest BCUT2D eigenvalue weighted by molar-refractivity contribution is -0.137. The molecule has 8 heteroatoms. The van der Waals surface area contributed by atoms with Crippen molar-refractivity contribution in [2.45, 2.75) is 50.7 Å². The summed E-state index contributed by atoms with van der Waals surface area (Å²) < 4.78 is 39.0. The number of nitrogens with zero attached hydrogens (tertiary/aromatic N) is 3. The first-order valence-electron chi connectivity index (χ1n) is 10.2. The number of ketones is 1. The van der Waals surface area contributed by atoms with Crippen LogP contribution in [-0.4, -0.2) is 46.3 Å². The molecular weight excluding hydrogens is 381 g/mol. The molecule has 0 spiro atoms. The molecular formula is C21H25F3N4O. The van der Waals surface area contributed by atoms with E-state index in [1.807, 2.05) is 0 Å². The molecule has 1 aromatic heterocycles. The lowest BCUT2D eigenvalue weighted by Crippen LogP contribution is -2.53. The van der Waals surface area contributed by atoms with Crippen molar-refractivity contribution in [1.29, 1.82) is 0 Å². The zero-order chi connectivity index (χ0) is 20.4. The Morgan fingerprint density at radius 3 is 2.62 bits per heavy atom. The number of rotatable bonds is 6. The van der Waals surface area contributed by atoms with Gasteiger partial charge in [-0.1, -0.05) is 19.3 Å². The molecule has 4 rings (SSSR count). The van der Waals surface area contributed by atoms with Crippen LogP contribution >= 0.6 is 0 Å². The van der Waals surface area contributed by atoms with E-state index in [1.54, 1.807) is 0 Å². The Labute approximate surface area is 167 Å². The van der Waals surface area contributed by atoms with Gasteiger partial charge in [0.2, 0.25) is 0 Å². The van der Waals surface area contributed by atoms with Crippen LogP contribution in [0.2, 0.25) is 0 Å². The molecule has 0 amide bonds. The van der Waals surface area contributed by atoms with Gasteiger partial charge in [0.05, 0.1) is 17.6 Å². The van der Waals surface area contributed by atoms with Gasteiger partial charge in [-0.15, -0.1) is 0 Å². The van der Waals surface area contributed by atoms with E-state index < -0.39 is 11.7 Å². The maximum absolute atomic E-state index is 13.0. The van der Waals surface area contributed by atoms with Gasteiger partial charge in [0.25, 0.3) is 0 Å². The minimum Gasteiger partial charge on any atom is -0.362 e. The lowest BCUT2D eigenvalue weighted by Gasteiger charge is -2.45. The summed E-state index contributed by atoms with van der Waals surface area (Å²) in [6.45, 7) is 2.01. The van der Waals surface area contributed by atoms with Gasteiger partial charge in [-0.25, -0.2) is 9.97 Å². The second kappa shape index (κ2) is 8.26. The van der Waals surface area contributed by atoms with Crippen molar-refractivity contribution in [3.05, 3.63) is 30.1 Å². The van der Waals surface area contributed by atoms with Gasteiger partial charge in [0.1, 0.15) is 12.1 Å². The Balaban J connectivity index is 1.32. The number of likely N-dealkylation sites (tertiary alicyclic amines) is 1. The monoisotopic (exact) mass is 406 g/mol. The minimum absolute atomic E-state index is 0.0528. The van der Waals surface area contributed by atoms with Gasteiger partial charge in [-0.2, -0.15) is 13.2 Å². The molecule has 0 atom stereocenters. The predicted molar refractivity (Wildman–Crippen MR) is 105 cm³/mol. The first kappa shape index (κ1) is 20.1. The molecule has 1 saturated heterocycles. The zero-order valence-corrected chi connectivity index (χ0v) is 16.2. The van der Waals surface area contributed by atoms with Crippen molar-refractivity contribution < 1.29 is 18.0 Å². The van der Waals surface area contributed by atoms with Crippen molar-refractivity contribution in [3.63, 3.8) is 0 Å². The van der Waals surface area contributed by atoms with Crippen LogP contribution in [0.5, 0.6) is 0 Å². The van der Waals surface area contributed by atoms with Crippen LogP contribution < -0.4 is 5.32 Å². The smallest absolute Gasteiger partial charge is 0.362 e. The highest BCUT2D eigenvalue weighted by molar-refractivity contribution is 5.91. The van der Waals surface area contributed by atoms with Crippen LogP contribution in [0.25, 0.3) is 10.9 Å². The zero-order valence-electron chi connectivity index (χ0n) is 16.2. The number of fused-ring (bicyclic) bond motifs is 1. The van der Waals surface area contributed by atoms with Gasteiger partial charge >= 0.3 is 6.18 Å². The number of hydrogen-bond acceptors (Lipinski definition) is 5. The number of halogens is 3. The van der Waals surface area contributed by atoms with Gasteiger partial charge in [-0.3, -0.25) is 9.69 Å². The second-order valence-corrected chi connectivity index (χ2v) is 8.16. The molecule has 1 aliphatic heterocycles. The fourth-order valence-corrected chi connectivity index (χ4v) is 4.43. The molecule has 1 saturated carbocycles. The third kappa shape index (κ3) is 4.69. The molecule has 0 bridgehead atoms. The Morgan fingerprint density at radius 2 is 1.90 bits per heavy atom. The summed E-state index contributed by atoms with van der Waals surface area (Å²) in [7, 11) is 0. The Bertz CT molecular complexity index is 874. The average molecular weight is 406 g/mol. The second-order valence-electron chi connectivity index (χ2n) is 8.16. The van der Waals surface area contributed by atoms with Crippen LogP contribution in [0.3, 0.4) is 0 Å². The maximum Gasteiger partial charge on any atom is 0.416 e. The van der Waals surface area contributed by atoms with Crippen molar-refractivity contribution in [2.24, 2.45) is 5.92 Å². The topological polar surface area (TPSA) is 58.1 Å². The summed E-state index contributed by atoms with van der Waals surface area (Å²) in [4.78, 5) is 22.9. The molecule has 0 unspecified atom stereocenters. The Hall–Kier alpha value is -2.22. The molecule has 1 aliphatic carbocycles. The summed E-state index contributed by atoms with van der Waals surface area (Å²) in [5, 5.41) is 3.18. The number of benzene rings is 1. The summed E-state index contributed by atoms with van der Waals surface area (Å²) in [6, 6.07) is 4.03. The molecule has 2 heterocycles. The number of Topliss-reactive ketones (excluding diaryl/α,β-unsaturated/α-hetero) is 1. The van der Waals surface area contributed by atoms with Crippen LogP contribution in [0.4, 0.5) is 19.0 Å². The number of alkyl halides is 3. The van der Waals surface area contributed by atoms with Gasteiger partial charge in [0, 0.05) is 30.9 Å². The van der Waals surface area contributed by atoms with Gasteiger partial charge in [0.15, 0.2) is 5.78 Å². The van der Waals surface area contributed by atoms with Crippen LogP contribution in [0, 0.1) is 5.92 Å². The van der Waals surface area contributed by atoms with E-state index in [2.05, 4.69) is 20.2 Å². The molecule has 2 aromatic rings. The highest BCUT2D eigenvalue weighted by Crippen LogP contribution is 2.33. The van der Waals surface area contributed by atoms with E-state index in [4.69, 9.17) is 0 Å². The van der Waals surface area contributed by atoms with Crippen LogP contribution in [0.15, 0.2) is 24.5 Å². The molecule has 156 valence electrons. The molecule has 29 heavy (non-hydrogen) atoms.